The molecular formula is C26H23BrN4O4. The van der Waals surface area contributed by atoms with Crippen LogP contribution in [-0.4, -0.2) is 31.0 Å². The average Bonchev–Trinajstić information content (AvgIpc) is 2.87. The molecule has 4 aromatic rings. The van der Waals surface area contributed by atoms with Gasteiger partial charge in [0, 0.05) is 39.1 Å². The van der Waals surface area contributed by atoms with E-state index in [1.54, 1.807) is 44.7 Å². The molecule has 3 aromatic carbocycles. The van der Waals surface area contributed by atoms with Gasteiger partial charge in [-0.1, -0.05) is 28.1 Å². The molecule has 4 rings (SSSR count). The Bertz CT molecular complexity index is 1380. The number of hydrazine groups is 1. The molecule has 35 heavy (non-hydrogen) atoms. The number of pyridine rings is 1. The monoisotopic (exact) mass is 534 g/mol. The van der Waals surface area contributed by atoms with Crippen LogP contribution in [0.5, 0.6) is 11.5 Å². The molecule has 0 unspecified atom stereocenters. The van der Waals surface area contributed by atoms with Gasteiger partial charge in [0.25, 0.3) is 5.91 Å². The number of anilines is 2. The number of rotatable bonds is 7. The van der Waals surface area contributed by atoms with Crippen LogP contribution in [0.1, 0.15) is 15.9 Å². The summed E-state index contributed by atoms with van der Waals surface area (Å²) in [5.74, 6) is 0.477. The summed E-state index contributed by atoms with van der Waals surface area (Å²) >= 11 is 3.38. The van der Waals surface area contributed by atoms with Crippen molar-refractivity contribution >= 4 is 50.0 Å². The van der Waals surface area contributed by atoms with Crippen molar-refractivity contribution < 1.29 is 19.1 Å². The molecule has 0 atom stereocenters. The summed E-state index contributed by atoms with van der Waals surface area (Å²) < 4.78 is 11.7. The van der Waals surface area contributed by atoms with E-state index in [1.807, 2.05) is 42.5 Å². The lowest BCUT2D eigenvalue weighted by Gasteiger charge is -2.13. The average molecular weight is 535 g/mol. The minimum Gasteiger partial charge on any atom is -0.493 e. The van der Waals surface area contributed by atoms with Gasteiger partial charge in [0.15, 0.2) is 11.5 Å². The zero-order valence-corrected chi connectivity index (χ0v) is 20.7. The molecule has 9 heteroatoms. The molecule has 178 valence electrons. The minimum atomic E-state index is -0.412. The highest BCUT2D eigenvalue weighted by atomic mass is 79.9. The Balaban J connectivity index is 1.40. The number of halogens is 1. The molecule has 1 heterocycles. The predicted molar refractivity (Wildman–Crippen MR) is 138 cm³/mol. The minimum absolute atomic E-state index is 0.152. The number of aromatic nitrogens is 1. The van der Waals surface area contributed by atoms with Gasteiger partial charge in [-0.2, -0.15) is 0 Å². The molecule has 0 radical (unpaired) electrons. The van der Waals surface area contributed by atoms with E-state index in [2.05, 4.69) is 37.1 Å². The molecule has 0 bridgehead atoms. The Hall–Kier alpha value is -4.11. The number of benzene rings is 3. The molecule has 1 aromatic heterocycles. The van der Waals surface area contributed by atoms with Crippen molar-refractivity contribution in [2.24, 2.45) is 0 Å². The lowest BCUT2D eigenvalue weighted by molar-refractivity contribution is -0.121. The van der Waals surface area contributed by atoms with E-state index in [9.17, 15) is 9.59 Å². The Morgan fingerprint density at radius 2 is 1.66 bits per heavy atom. The Morgan fingerprint density at radius 1 is 0.914 bits per heavy atom. The standard InChI is InChI=1S/C26H23BrN4O4/c1-34-23-14-20-21(10-11-28-22(20)15-24(23)35-2)29-19-8-6-17(7-9-19)26(33)31-30-25(32)13-16-4-3-5-18(27)12-16/h3-12,14-15H,13H2,1-2H3,(H,28,29)(H,30,32)(H,31,33). The first-order chi connectivity index (χ1) is 17.0. The largest absolute Gasteiger partial charge is 0.493 e. The van der Waals surface area contributed by atoms with Gasteiger partial charge in [-0.15, -0.1) is 0 Å². The molecule has 0 saturated heterocycles. The van der Waals surface area contributed by atoms with Gasteiger partial charge in [0.1, 0.15) is 0 Å². The third kappa shape index (κ3) is 5.88. The van der Waals surface area contributed by atoms with E-state index in [-0.39, 0.29) is 12.3 Å². The fraction of sp³-hybridized carbons (Fsp3) is 0.115. The van der Waals surface area contributed by atoms with Crippen LogP contribution < -0.4 is 25.6 Å². The molecule has 0 aliphatic rings. The van der Waals surface area contributed by atoms with E-state index in [4.69, 9.17) is 9.47 Å². The topological polar surface area (TPSA) is 102 Å². The van der Waals surface area contributed by atoms with Crippen molar-refractivity contribution in [1.82, 2.24) is 15.8 Å². The van der Waals surface area contributed by atoms with Crippen LogP contribution in [0.4, 0.5) is 11.4 Å². The quantitative estimate of drug-likeness (QED) is 0.295. The van der Waals surface area contributed by atoms with E-state index in [0.717, 1.165) is 32.3 Å². The second kappa shape index (κ2) is 10.9. The summed E-state index contributed by atoms with van der Waals surface area (Å²) in [4.78, 5) is 29.0. The highest BCUT2D eigenvalue weighted by molar-refractivity contribution is 9.10. The van der Waals surface area contributed by atoms with Crippen LogP contribution in [0, 0.1) is 0 Å². The van der Waals surface area contributed by atoms with Gasteiger partial charge in [-0.3, -0.25) is 25.4 Å². The number of nitrogens with one attached hydrogen (secondary N) is 3. The van der Waals surface area contributed by atoms with E-state index < -0.39 is 5.91 Å². The molecule has 0 aliphatic heterocycles. The van der Waals surface area contributed by atoms with Crippen molar-refractivity contribution in [2.75, 3.05) is 19.5 Å². The normalized spacial score (nSPS) is 10.5. The molecular weight excluding hydrogens is 512 g/mol. The van der Waals surface area contributed by atoms with Crippen molar-refractivity contribution in [3.63, 3.8) is 0 Å². The maximum absolute atomic E-state index is 12.4. The summed E-state index contributed by atoms with van der Waals surface area (Å²) in [6.07, 6.45) is 1.86. The molecule has 0 aliphatic carbocycles. The molecule has 0 spiro atoms. The fourth-order valence-corrected chi connectivity index (χ4v) is 3.96. The number of nitrogens with zero attached hydrogens (tertiary/aromatic N) is 1. The summed E-state index contributed by atoms with van der Waals surface area (Å²) in [6, 6.07) is 19.9. The van der Waals surface area contributed by atoms with Gasteiger partial charge in [-0.25, -0.2) is 0 Å². The summed E-state index contributed by atoms with van der Waals surface area (Å²) in [6.45, 7) is 0. The van der Waals surface area contributed by atoms with E-state index in [0.29, 0.717) is 17.1 Å². The highest BCUT2D eigenvalue weighted by Crippen LogP contribution is 2.35. The fourth-order valence-electron chi connectivity index (χ4n) is 3.52. The van der Waals surface area contributed by atoms with Crippen molar-refractivity contribution in [3.8, 4) is 11.5 Å². The van der Waals surface area contributed by atoms with Gasteiger partial charge in [0.05, 0.1) is 26.2 Å². The summed E-state index contributed by atoms with van der Waals surface area (Å²) in [5, 5.41) is 4.20. The number of carbonyl (C=O) groups is 2. The number of fused-ring (bicyclic) bond motifs is 1. The SMILES string of the molecule is COc1cc2nccc(Nc3ccc(C(=O)NNC(=O)Cc4cccc(Br)c4)cc3)c2cc1OC. The first kappa shape index (κ1) is 24.0. The molecule has 0 saturated carbocycles. The second-order valence-electron chi connectivity index (χ2n) is 7.59. The third-order valence-corrected chi connectivity index (χ3v) is 5.74. The number of methoxy groups -OCH3 is 2. The van der Waals surface area contributed by atoms with E-state index >= 15 is 0 Å². The van der Waals surface area contributed by atoms with Gasteiger partial charge in [0.2, 0.25) is 5.91 Å². The van der Waals surface area contributed by atoms with Crippen LogP contribution in [-0.2, 0) is 11.2 Å². The summed E-state index contributed by atoms with van der Waals surface area (Å²) in [7, 11) is 3.16. The van der Waals surface area contributed by atoms with Crippen LogP contribution in [0.3, 0.4) is 0 Å². The van der Waals surface area contributed by atoms with Crippen molar-refractivity contribution in [2.45, 2.75) is 6.42 Å². The Morgan fingerprint density at radius 3 is 2.37 bits per heavy atom. The maximum atomic E-state index is 12.4. The van der Waals surface area contributed by atoms with Gasteiger partial charge in [-0.05, 0) is 54.1 Å². The lowest BCUT2D eigenvalue weighted by Crippen LogP contribution is -2.42. The lowest BCUT2D eigenvalue weighted by atomic mass is 10.1. The van der Waals surface area contributed by atoms with Gasteiger partial charge >= 0.3 is 0 Å². The predicted octanol–water partition coefficient (Wildman–Crippen LogP) is 4.76. The maximum Gasteiger partial charge on any atom is 0.269 e. The van der Waals surface area contributed by atoms with Crippen LogP contribution >= 0.6 is 15.9 Å². The zero-order valence-electron chi connectivity index (χ0n) is 19.1. The zero-order chi connectivity index (χ0) is 24.8. The number of carbonyl (C=O) groups excluding carboxylic acids is 2. The molecule has 8 nitrogen and oxygen atoms in total. The number of hydrogen-bond donors (Lipinski definition) is 3. The number of hydrogen-bond acceptors (Lipinski definition) is 6. The first-order valence-electron chi connectivity index (χ1n) is 10.7. The van der Waals surface area contributed by atoms with Crippen molar-refractivity contribution in [1.29, 1.82) is 0 Å². The highest BCUT2D eigenvalue weighted by Gasteiger charge is 2.11. The Labute approximate surface area is 210 Å². The third-order valence-electron chi connectivity index (χ3n) is 5.24. The number of ether oxygens (including phenoxy) is 2. The molecule has 0 fully saturated rings. The van der Waals surface area contributed by atoms with Crippen molar-refractivity contribution in [3.05, 3.63) is 88.5 Å². The number of amides is 2. The summed E-state index contributed by atoms with van der Waals surface area (Å²) in [5.41, 5.74) is 8.49. The molecule has 3 N–H and O–H groups in total. The first-order valence-corrected chi connectivity index (χ1v) is 11.5. The smallest absolute Gasteiger partial charge is 0.269 e. The van der Waals surface area contributed by atoms with Crippen LogP contribution in [0.25, 0.3) is 10.9 Å². The second-order valence-corrected chi connectivity index (χ2v) is 8.51. The van der Waals surface area contributed by atoms with Crippen LogP contribution in [0.2, 0.25) is 0 Å². The van der Waals surface area contributed by atoms with E-state index in [1.165, 1.54) is 0 Å². The Kier molecular flexibility index (Phi) is 7.47. The van der Waals surface area contributed by atoms with Gasteiger partial charge < -0.3 is 14.8 Å². The molecule has 2 amide bonds. The van der Waals surface area contributed by atoms with Crippen LogP contribution in [0.15, 0.2) is 77.4 Å².